The third-order valence-corrected chi connectivity index (χ3v) is 1.45. The Kier molecular flexibility index (Phi) is 5.74. The molecule has 64 valence electrons. The van der Waals surface area contributed by atoms with Crippen LogP contribution in [0.5, 0.6) is 0 Å². The smallest absolute Gasteiger partial charge is 0.332 e. The first-order chi connectivity index (χ1) is 5.16. The van der Waals surface area contributed by atoms with E-state index in [1.165, 1.54) is 6.08 Å². The summed E-state index contributed by atoms with van der Waals surface area (Å²) in [6.45, 7) is 2.10. The average Bonchev–Trinajstić information content (AvgIpc) is 1.86. The molecule has 0 saturated carbocycles. The van der Waals surface area contributed by atoms with E-state index in [0.717, 1.165) is 5.75 Å². The monoisotopic (exact) mass is 175 g/mol. The zero-order valence-electron chi connectivity index (χ0n) is 6.79. The number of ether oxygens (including phenoxy) is 1. The number of thioether (sulfide) groups is 1. The van der Waals surface area contributed by atoms with Gasteiger partial charge in [0.05, 0.1) is 0 Å². The Hall–Kier alpha value is -0.640. The van der Waals surface area contributed by atoms with Crippen molar-refractivity contribution in [3.63, 3.8) is 0 Å². The number of nitrogens with two attached hydrogens (primary N) is 1. The van der Waals surface area contributed by atoms with Crippen molar-refractivity contribution in [2.75, 3.05) is 18.6 Å². The molecule has 0 aliphatic rings. The minimum absolute atomic E-state index is 0.362. The largest absolute Gasteiger partial charge is 0.462 e. The molecule has 0 aliphatic heterocycles. The van der Waals surface area contributed by atoms with Gasteiger partial charge in [-0.25, -0.2) is 4.79 Å². The number of hydrogen-bond acceptors (Lipinski definition) is 4. The molecule has 4 heteroatoms. The Morgan fingerprint density at radius 2 is 2.36 bits per heavy atom. The van der Waals surface area contributed by atoms with Gasteiger partial charge in [0.15, 0.2) is 0 Å². The van der Waals surface area contributed by atoms with Gasteiger partial charge in [-0.15, -0.1) is 0 Å². The number of hydrogen-bond donors (Lipinski definition) is 1. The molecule has 0 bridgehead atoms. The van der Waals surface area contributed by atoms with Crippen molar-refractivity contribution in [1.82, 2.24) is 0 Å². The number of carbonyl (C=O) groups excluding carboxylic acids is 1. The molecule has 0 aliphatic carbocycles. The van der Waals surface area contributed by atoms with Crippen LogP contribution in [0.4, 0.5) is 0 Å². The van der Waals surface area contributed by atoms with Crippen LogP contribution in [0.1, 0.15) is 6.92 Å². The maximum Gasteiger partial charge on any atom is 0.332 e. The van der Waals surface area contributed by atoms with Gasteiger partial charge in [0.1, 0.15) is 6.61 Å². The molecule has 0 aromatic heterocycles. The van der Waals surface area contributed by atoms with Crippen molar-refractivity contribution in [3.05, 3.63) is 11.8 Å². The lowest BCUT2D eigenvalue weighted by molar-refractivity contribution is -0.137. The first-order valence-electron chi connectivity index (χ1n) is 3.26. The Morgan fingerprint density at radius 1 is 1.73 bits per heavy atom. The fourth-order valence-electron chi connectivity index (χ4n) is 0.453. The molecule has 0 aromatic rings. The summed E-state index contributed by atoms with van der Waals surface area (Å²) in [5, 5.41) is 0. The Labute approximate surface area is 71.0 Å². The van der Waals surface area contributed by atoms with Gasteiger partial charge >= 0.3 is 5.97 Å². The highest BCUT2D eigenvalue weighted by molar-refractivity contribution is 7.98. The quantitative estimate of drug-likeness (QED) is 0.389. The SMILES string of the molecule is CSCCOC(=O)/C=C(/C)N. The Balaban J connectivity index is 3.46. The van der Waals surface area contributed by atoms with Gasteiger partial charge in [-0.05, 0) is 13.2 Å². The summed E-state index contributed by atoms with van der Waals surface area (Å²) < 4.78 is 4.78. The number of carbonyl (C=O) groups is 1. The summed E-state index contributed by atoms with van der Waals surface area (Å²) in [6.07, 6.45) is 3.23. The van der Waals surface area contributed by atoms with E-state index in [1.54, 1.807) is 18.7 Å². The number of rotatable bonds is 4. The number of allylic oxidation sites excluding steroid dienone is 1. The van der Waals surface area contributed by atoms with Gasteiger partial charge in [-0.1, -0.05) is 0 Å². The molecule has 0 unspecified atom stereocenters. The summed E-state index contributed by atoms with van der Waals surface area (Å²) in [4.78, 5) is 10.7. The van der Waals surface area contributed by atoms with Crippen LogP contribution >= 0.6 is 11.8 Å². The second-order valence-electron chi connectivity index (χ2n) is 2.05. The summed E-state index contributed by atoms with van der Waals surface area (Å²) in [5.74, 6) is 0.461. The molecule has 3 nitrogen and oxygen atoms in total. The van der Waals surface area contributed by atoms with Crippen LogP contribution in [0.25, 0.3) is 0 Å². The highest BCUT2D eigenvalue weighted by atomic mass is 32.2. The molecule has 0 saturated heterocycles. The molecule has 0 rings (SSSR count). The highest BCUT2D eigenvalue weighted by Crippen LogP contribution is 1.92. The molecular weight excluding hydrogens is 162 g/mol. The van der Waals surface area contributed by atoms with E-state index >= 15 is 0 Å². The van der Waals surface area contributed by atoms with Crippen LogP contribution in [-0.2, 0) is 9.53 Å². The van der Waals surface area contributed by atoms with Crippen LogP contribution in [0.2, 0.25) is 0 Å². The zero-order valence-corrected chi connectivity index (χ0v) is 7.61. The van der Waals surface area contributed by atoms with Crippen LogP contribution < -0.4 is 5.73 Å². The zero-order chi connectivity index (χ0) is 8.69. The first-order valence-corrected chi connectivity index (χ1v) is 4.65. The van der Waals surface area contributed by atoms with Crippen LogP contribution in [0.15, 0.2) is 11.8 Å². The van der Waals surface area contributed by atoms with Crippen molar-refractivity contribution in [1.29, 1.82) is 0 Å². The fourth-order valence-corrected chi connectivity index (χ4v) is 0.703. The van der Waals surface area contributed by atoms with Gasteiger partial charge in [-0.2, -0.15) is 11.8 Å². The summed E-state index contributed by atoms with van der Waals surface area (Å²) in [5.41, 5.74) is 5.72. The predicted octanol–water partition coefficient (Wildman–Crippen LogP) is 0.755. The molecule has 0 atom stereocenters. The van der Waals surface area contributed by atoms with Gasteiger partial charge in [0.25, 0.3) is 0 Å². The fraction of sp³-hybridized carbons (Fsp3) is 0.571. The first kappa shape index (κ1) is 10.4. The lowest BCUT2D eigenvalue weighted by Gasteiger charge is -1.98. The lowest BCUT2D eigenvalue weighted by Crippen LogP contribution is -2.06. The van der Waals surface area contributed by atoms with Crippen molar-refractivity contribution in [2.45, 2.75) is 6.92 Å². The molecule has 11 heavy (non-hydrogen) atoms. The van der Waals surface area contributed by atoms with Gasteiger partial charge in [0, 0.05) is 17.5 Å². The standard InChI is InChI=1S/C7H13NO2S/c1-6(8)5-7(9)10-3-4-11-2/h5H,3-4,8H2,1-2H3/b6-5-. The minimum Gasteiger partial charge on any atom is -0.462 e. The van der Waals surface area contributed by atoms with Crippen molar-refractivity contribution in [3.8, 4) is 0 Å². The van der Waals surface area contributed by atoms with Gasteiger partial charge in [0.2, 0.25) is 0 Å². The normalized spacial score (nSPS) is 11.3. The van der Waals surface area contributed by atoms with E-state index in [1.807, 2.05) is 6.26 Å². The molecule has 0 amide bonds. The minimum atomic E-state index is -0.362. The second-order valence-corrected chi connectivity index (χ2v) is 3.03. The maximum absolute atomic E-state index is 10.7. The molecular formula is C7H13NO2S. The molecule has 0 heterocycles. The van der Waals surface area contributed by atoms with E-state index < -0.39 is 0 Å². The van der Waals surface area contributed by atoms with Crippen LogP contribution in [0.3, 0.4) is 0 Å². The van der Waals surface area contributed by atoms with Crippen molar-refractivity contribution >= 4 is 17.7 Å². The molecule has 0 fully saturated rings. The van der Waals surface area contributed by atoms with E-state index in [2.05, 4.69) is 0 Å². The van der Waals surface area contributed by atoms with Gasteiger partial charge in [-0.3, -0.25) is 0 Å². The van der Waals surface area contributed by atoms with Crippen molar-refractivity contribution in [2.24, 2.45) is 5.73 Å². The highest BCUT2D eigenvalue weighted by Gasteiger charge is 1.95. The summed E-state index contributed by atoms with van der Waals surface area (Å²) in [7, 11) is 0. The van der Waals surface area contributed by atoms with Crippen molar-refractivity contribution < 1.29 is 9.53 Å². The lowest BCUT2D eigenvalue weighted by atomic mass is 10.4. The molecule has 2 N–H and O–H groups in total. The van der Waals surface area contributed by atoms with E-state index in [4.69, 9.17) is 10.5 Å². The van der Waals surface area contributed by atoms with E-state index in [0.29, 0.717) is 12.3 Å². The Morgan fingerprint density at radius 3 is 2.82 bits per heavy atom. The Bertz CT molecular complexity index is 153. The predicted molar refractivity (Wildman–Crippen MR) is 47.3 cm³/mol. The molecule has 0 radical (unpaired) electrons. The molecule has 0 aromatic carbocycles. The summed E-state index contributed by atoms with van der Waals surface area (Å²) in [6, 6.07) is 0. The average molecular weight is 175 g/mol. The van der Waals surface area contributed by atoms with Gasteiger partial charge < -0.3 is 10.5 Å². The second kappa shape index (κ2) is 6.09. The third kappa shape index (κ3) is 7.25. The molecule has 0 spiro atoms. The number of esters is 1. The topological polar surface area (TPSA) is 52.3 Å². The van der Waals surface area contributed by atoms with Crippen LogP contribution in [-0.4, -0.2) is 24.6 Å². The summed E-state index contributed by atoms with van der Waals surface area (Å²) >= 11 is 1.63. The third-order valence-electron chi connectivity index (χ3n) is 0.877. The maximum atomic E-state index is 10.7. The van der Waals surface area contributed by atoms with E-state index in [9.17, 15) is 4.79 Å². The van der Waals surface area contributed by atoms with E-state index in [-0.39, 0.29) is 5.97 Å². The van der Waals surface area contributed by atoms with Crippen LogP contribution in [0, 0.1) is 0 Å².